The van der Waals surface area contributed by atoms with Crippen molar-refractivity contribution in [2.24, 2.45) is 0 Å². The van der Waals surface area contributed by atoms with E-state index >= 15 is 0 Å². The van der Waals surface area contributed by atoms with Crippen molar-refractivity contribution in [1.29, 1.82) is 0 Å². The summed E-state index contributed by atoms with van der Waals surface area (Å²) in [5.41, 5.74) is 0. The Bertz CT molecular complexity index is 196. The smallest absolute Gasteiger partial charge is 0.303 e. The van der Waals surface area contributed by atoms with Crippen LogP contribution >= 0.6 is 7.82 Å². The highest BCUT2D eigenvalue weighted by molar-refractivity contribution is 7.46. The van der Waals surface area contributed by atoms with Crippen LogP contribution in [0.15, 0.2) is 0 Å². The molecule has 0 amide bonds. The summed E-state index contributed by atoms with van der Waals surface area (Å²) in [6, 6.07) is 0. The van der Waals surface area contributed by atoms with Crippen molar-refractivity contribution in [2.45, 2.75) is 31.8 Å². The van der Waals surface area contributed by atoms with Crippen LogP contribution in [-0.4, -0.2) is 28.7 Å². The van der Waals surface area contributed by atoms with E-state index < -0.39 is 39.6 Å². The summed E-state index contributed by atoms with van der Waals surface area (Å²) in [6.07, 6.45) is -10.0. The van der Waals surface area contributed by atoms with Crippen molar-refractivity contribution in [1.82, 2.24) is 0 Å². The Morgan fingerprint density at radius 3 is 1.64 bits per heavy atom. The Morgan fingerprint density at radius 1 is 1.07 bits per heavy atom. The molecule has 0 aromatic rings. The van der Waals surface area contributed by atoms with Crippen LogP contribution in [0.5, 0.6) is 0 Å². The topological polar surface area (TPSA) is 66.8 Å². The molecule has 0 aromatic heterocycles. The maximum atomic E-state index is 11.7. The largest absolute Gasteiger partial charge is 0.469 e. The molecule has 4 nitrogen and oxygen atoms in total. The average molecular weight is 240 g/mol. The van der Waals surface area contributed by atoms with Crippen molar-refractivity contribution in [3.05, 3.63) is 0 Å². The fraction of sp³-hybridized carbons (Fsp3) is 1.00. The molecule has 0 heterocycles. The standard InChI is InChI=1S/C5H9F4O4P/c6-4(7)1-3(2-5(8)9)13-14(10,11)12/h3-5H,1-2H2,(H2,10,11,12). The Balaban J connectivity index is 4.18. The van der Waals surface area contributed by atoms with Gasteiger partial charge >= 0.3 is 7.82 Å². The van der Waals surface area contributed by atoms with Gasteiger partial charge in [0.25, 0.3) is 0 Å². The molecule has 0 aliphatic heterocycles. The Kier molecular flexibility index (Phi) is 5.58. The monoisotopic (exact) mass is 240 g/mol. The van der Waals surface area contributed by atoms with Crippen LogP contribution in [0.1, 0.15) is 12.8 Å². The molecular weight excluding hydrogens is 231 g/mol. The minimum atomic E-state index is -5.00. The minimum absolute atomic E-state index is 1.13. The molecule has 2 N–H and O–H groups in total. The second-order valence-electron chi connectivity index (χ2n) is 2.47. The van der Waals surface area contributed by atoms with Crippen molar-refractivity contribution in [3.63, 3.8) is 0 Å². The second kappa shape index (κ2) is 5.65. The van der Waals surface area contributed by atoms with Crippen LogP contribution < -0.4 is 0 Å². The zero-order valence-corrected chi connectivity index (χ0v) is 7.71. The van der Waals surface area contributed by atoms with E-state index in [4.69, 9.17) is 9.79 Å². The fourth-order valence-electron chi connectivity index (χ4n) is 0.774. The van der Waals surface area contributed by atoms with E-state index in [1.54, 1.807) is 0 Å². The summed E-state index contributed by atoms with van der Waals surface area (Å²) in [5, 5.41) is 0. The Labute approximate surface area is 77.1 Å². The zero-order valence-electron chi connectivity index (χ0n) is 6.82. The quantitative estimate of drug-likeness (QED) is 0.548. The zero-order chi connectivity index (χ0) is 11.4. The van der Waals surface area contributed by atoms with Gasteiger partial charge in [0.05, 0.1) is 6.10 Å². The summed E-state index contributed by atoms with van der Waals surface area (Å²) in [5.74, 6) is 0. The molecule has 0 atom stereocenters. The molecule has 0 fully saturated rings. The molecule has 0 rings (SSSR count). The van der Waals surface area contributed by atoms with Crippen LogP contribution in [0.4, 0.5) is 17.6 Å². The van der Waals surface area contributed by atoms with Gasteiger partial charge in [-0.05, 0) is 0 Å². The number of halogens is 4. The van der Waals surface area contributed by atoms with E-state index in [0.717, 1.165) is 0 Å². The fourth-order valence-corrected chi connectivity index (χ4v) is 1.33. The van der Waals surface area contributed by atoms with E-state index in [-0.39, 0.29) is 0 Å². The van der Waals surface area contributed by atoms with Gasteiger partial charge in [0.1, 0.15) is 0 Å². The second-order valence-corrected chi connectivity index (χ2v) is 3.66. The lowest BCUT2D eigenvalue weighted by molar-refractivity contribution is 0.0169. The summed E-state index contributed by atoms with van der Waals surface area (Å²) >= 11 is 0. The summed E-state index contributed by atoms with van der Waals surface area (Å²) < 4.78 is 60.9. The van der Waals surface area contributed by atoms with Crippen LogP contribution in [0, 0.1) is 0 Å². The first kappa shape index (κ1) is 13.8. The van der Waals surface area contributed by atoms with Crippen molar-refractivity contribution in [3.8, 4) is 0 Å². The minimum Gasteiger partial charge on any atom is -0.303 e. The summed E-state index contributed by atoms with van der Waals surface area (Å²) in [7, 11) is -5.00. The normalized spacial score (nSPS) is 13.2. The van der Waals surface area contributed by atoms with Crippen molar-refractivity contribution >= 4 is 7.82 Å². The highest BCUT2D eigenvalue weighted by Crippen LogP contribution is 2.39. The maximum Gasteiger partial charge on any atom is 0.469 e. The molecule has 0 saturated heterocycles. The van der Waals surface area contributed by atoms with Gasteiger partial charge in [0, 0.05) is 12.8 Å². The number of phosphoric acid groups is 1. The summed E-state index contributed by atoms with van der Waals surface area (Å²) in [4.78, 5) is 16.4. The van der Waals surface area contributed by atoms with Gasteiger partial charge in [-0.3, -0.25) is 4.52 Å². The highest BCUT2D eigenvalue weighted by Gasteiger charge is 2.27. The molecule has 0 spiro atoms. The molecule has 0 aromatic carbocycles. The summed E-state index contributed by atoms with van der Waals surface area (Å²) in [6.45, 7) is 0. The van der Waals surface area contributed by atoms with Gasteiger partial charge in [-0.15, -0.1) is 0 Å². The molecular formula is C5H9F4O4P. The Hall–Kier alpha value is -0.170. The number of hydrogen-bond acceptors (Lipinski definition) is 2. The van der Waals surface area contributed by atoms with Gasteiger partial charge in [-0.1, -0.05) is 0 Å². The first-order valence-electron chi connectivity index (χ1n) is 3.51. The predicted molar refractivity (Wildman–Crippen MR) is 38.2 cm³/mol. The van der Waals surface area contributed by atoms with E-state index in [1.165, 1.54) is 0 Å². The van der Waals surface area contributed by atoms with Crippen molar-refractivity contribution < 1.29 is 36.4 Å². The molecule has 0 bridgehead atoms. The molecule has 0 aliphatic carbocycles. The predicted octanol–water partition coefficient (Wildman–Crippen LogP) is 1.77. The van der Waals surface area contributed by atoms with Gasteiger partial charge in [-0.25, -0.2) is 22.1 Å². The van der Waals surface area contributed by atoms with Crippen LogP contribution in [0.3, 0.4) is 0 Å². The SMILES string of the molecule is O=P(O)(O)OC(CC(F)F)CC(F)F. The molecule has 0 saturated carbocycles. The van der Waals surface area contributed by atoms with Crippen LogP contribution in [0.2, 0.25) is 0 Å². The lowest BCUT2D eigenvalue weighted by Gasteiger charge is -2.16. The molecule has 0 unspecified atom stereocenters. The third kappa shape index (κ3) is 8.43. The van der Waals surface area contributed by atoms with E-state index in [0.29, 0.717) is 0 Å². The third-order valence-electron chi connectivity index (χ3n) is 1.17. The molecule has 86 valence electrons. The van der Waals surface area contributed by atoms with Gasteiger partial charge in [-0.2, -0.15) is 0 Å². The molecule has 0 radical (unpaired) electrons. The first-order valence-corrected chi connectivity index (χ1v) is 5.04. The number of rotatable bonds is 6. The van der Waals surface area contributed by atoms with Gasteiger partial charge in [0.15, 0.2) is 0 Å². The van der Waals surface area contributed by atoms with E-state index in [9.17, 15) is 22.1 Å². The van der Waals surface area contributed by atoms with Gasteiger partial charge in [0.2, 0.25) is 12.9 Å². The lowest BCUT2D eigenvalue weighted by Crippen LogP contribution is -2.18. The first-order chi connectivity index (χ1) is 6.20. The van der Waals surface area contributed by atoms with E-state index in [2.05, 4.69) is 4.52 Å². The highest BCUT2D eigenvalue weighted by atomic mass is 31.2. The number of phosphoric ester groups is 1. The van der Waals surface area contributed by atoms with Gasteiger partial charge < -0.3 is 9.79 Å². The van der Waals surface area contributed by atoms with Crippen LogP contribution in [-0.2, 0) is 9.09 Å². The lowest BCUT2D eigenvalue weighted by atomic mass is 10.2. The van der Waals surface area contributed by atoms with Crippen molar-refractivity contribution in [2.75, 3.05) is 0 Å². The maximum absolute atomic E-state index is 11.7. The number of alkyl halides is 4. The molecule has 0 aliphatic rings. The third-order valence-corrected chi connectivity index (χ3v) is 1.74. The molecule has 14 heavy (non-hydrogen) atoms. The number of hydrogen-bond donors (Lipinski definition) is 2. The molecule has 9 heteroatoms. The average Bonchev–Trinajstić information content (AvgIpc) is 1.77. The van der Waals surface area contributed by atoms with E-state index in [1.807, 2.05) is 0 Å². The Morgan fingerprint density at radius 2 is 1.43 bits per heavy atom. The van der Waals surface area contributed by atoms with Crippen LogP contribution in [0.25, 0.3) is 0 Å².